The zero-order valence-electron chi connectivity index (χ0n) is 30.4. The summed E-state index contributed by atoms with van der Waals surface area (Å²) in [5.74, 6) is 1.72. The highest BCUT2D eigenvalue weighted by Gasteiger charge is 2.35. The summed E-state index contributed by atoms with van der Waals surface area (Å²) in [4.78, 5) is 16.0. The van der Waals surface area contributed by atoms with Gasteiger partial charge in [0.2, 0.25) is 0 Å². The molecule has 0 spiro atoms. The Morgan fingerprint density at radius 1 is 0.545 bits per heavy atom. The fourth-order valence-electron chi connectivity index (χ4n) is 7.58. The number of rotatable bonds is 14. The molecule has 0 unspecified atom stereocenters. The first-order valence-corrected chi connectivity index (χ1v) is 18.4. The van der Waals surface area contributed by atoms with Crippen LogP contribution in [0, 0.1) is 11.8 Å². The molecule has 8 heteroatoms. The SMILES string of the molecule is CC(C)(C)OCCN1CCC(CN2CCN(C(C)(C)CCOCCN3CCCN(CC4CN(C(C)(C)C)C4)CC3)CC2)CC1. The molecule has 4 aliphatic rings. The summed E-state index contributed by atoms with van der Waals surface area (Å²) in [6, 6.07) is 0. The van der Waals surface area contributed by atoms with E-state index >= 15 is 0 Å². The third-order valence-electron chi connectivity index (χ3n) is 10.9. The van der Waals surface area contributed by atoms with E-state index in [9.17, 15) is 0 Å². The van der Waals surface area contributed by atoms with E-state index in [1.54, 1.807) is 0 Å². The number of ether oxygens (including phenoxy) is 2. The van der Waals surface area contributed by atoms with Crippen LogP contribution in [0.3, 0.4) is 0 Å². The Labute approximate surface area is 272 Å². The first-order chi connectivity index (χ1) is 20.8. The molecule has 0 atom stereocenters. The number of hydrogen-bond acceptors (Lipinski definition) is 8. The lowest BCUT2D eigenvalue weighted by Gasteiger charge is -2.49. The van der Waals surface area contributed by atoms with Crippen molar-refractivity contribution in [2.75, 3.05) is 125 Å². The topological polar surface area (TPSA) is 37.9 Å². The Morgan fingerprint density at radius 2 is 1.09 bits per heavy atom. The molecule has 8 nitrogen and oxygen atoms in total. The van der Waals surface area contributed by atoms with Gasteiger partial charge in [0.1, 0.15) is 0 Å². The Hall–Kier alpha value is -0.320. The van der Waals surface area contributed by atoms with Crippen LogP contribution in [0.15, 0.2) is 0 Å². The molecule has 0 aromatic carbocycles. The van der Waals surface area contributed by atoms with Crippen LogP contribution in [0.5, 0.6) is 0 Å². The highest BCUT2D eigenvalue weighted by Crippen LogP contribution is 2.26. The van der Waals surface area contributed by atoms with Crippen molar-refractivity contribution in [2.24, 2.45) is 11.8 Å². The van der Waals surface area contributed by atoms with Gasteiger partial charge in [-0.1, -0.05) is 0 Å². The molecule has 4 rings (SSSR count). The van der Waals surface area contributed by atoms with Crippen LogP contribution in [-0.4, -0.2) is 171 Å². The summed E-state index contributed by atoms with van der Waals surface area (Å²) in [5.41, 5.74) is 0.513. The molecule has 4 fully saturated rings. The van der Waals surface area contributed by atoms with E-state index in [4.69, 9.17) is 9.47 Å². The van der Waals surface area contributed by atoms with Gasteiger partial charge in [-0.2, -0.15) is 0 Å². The van der Waals surface area contributed by atoms with Crippen molar-refractivity contribution in [3.8, 4) is 0 Å². The van der Waals surface area contributed by atoms with Crippen molar-refractivity contribution in [1.82, 2.24) is 29.4 Å². The maximum Gasteiger partial charge on any atom is 0.0600 e. The summed E-state index contributed by atoms with van der Waals surface area (Å²) in [5, 5.41) is 0. The van der Waals surface area contributed by atoms with Crippen LogP contribution >= 0.6 is 0 Å². The molecule has 4 aliphatic heterocycles. The second-order valence-electron chi connectivity index (χ2n) is 17.1. The van der Waals surface area contributed by atoms with Crippen LogP contribution in [0.25, 0.3) is 0 Å². The normalized spacial score (nSPS) is 24.5. The molecular formula is C36H72N6O2. The minimum absolute atomic E-state index is 0.0254. The van der Waals surface area contributed by atoms with E-state index in [1.807, 2.05) is 0 Å². The molecule has 0 N–H and O–H groups in total. The molecule has 0 saturated carbocycles. The third-order valence-corrected chi connectivity index (χ3v) is 10.9. The van der Waals surface area contributed by atoms with Gasteiger partial charge in [0.05, 0.1) is 18.8 Å². The highest BCUT2D eigenvalue weighted by atomic mass is 16.5. The largest absolute Gasteiger partial charge is 0.380 e. The van der Waals surface area contributed by atoms with Crippen LogP contribution in [0.2, 0.25) is 0 Å². The van der Waals surface area contributed by atoms with Gasteiger partial charge in [0.15, 0.2) is 0 Å². The first kappa shape index (κ1) is 36.5. The molecule has 0 aliphatic carbocycles. The number of hydrogen-bond donors (Lipinski definition) is 0. The van der Waals surface area contributed by atoms with Crippen molar-refractivity contribution in [3.63, 3.8) is 0 Å². The van der Waals surface area contributed by atoms with Crippen LogP contribution in [-0.2, 0) is 9.47 Å². The Balaban J connectivity index is 1.02. The monoisotopic (exact) mass is 621 g/mol. The van der Waals surface area contributed by atoms with Gasteiger partial charge < -0.3 is 24.2 Å². The molecule has 0 aromatic heterocycles. The third kappa shape index (κ3) is 12.4. The summed E-state index contributed by atoms with van der Waals surface area (Å²) in [7, 11) is 0. The minimum atomic E-state index is -0.0254. The number of piperidine rings is 1. The van der Waals surface area contributed by atoms with Gasteiger partial charge in [-0.25, -0.2) is 0 Å². The van der Waals surface area contributed by atoms with E-state index in [2.05, 4.69) is 84.8 Å². The second kappa shape index (κ2) is 16.7. The molecule has 4 heterocycles. The molecule has 44 heavy (non-hydrogen) atoms. The lowest BCUT2D eigenvalue weighted by atomic mass is 9.92. The number of likely N-dealkylation sites (tertiary alicyclic amines) is 2. The average Bonchev–Trinajstić information content (AvgIpc) is 3.15. The van der Waals surface area contributed by atoms with E-state index in [0.717, 1.165) is 51.2 Å². The fraction of sp³-hybridized carbons (Fsp3) is 1.00. The van der Waals surface area contributed by atoms with Crippen molar-refractivity contribution >= 4 is 0 Å². The molecule has 258 valence electrons. The summed E-state index contributed by atoms with van der Waals surface area (Å²) in [6.45, 7) is 40.4. The molecule has 4 saturated heterocycles. The van der Waals surface area contributed by atoms with Gasteiger partial charge in [-0.05, 0) is 119 Å². The van der Waals surface area contributed by atoms with Crippen LogP contribution in [0.1, 0.15) is 81.1 Å². The maximum atomic E-state index is 6.23. The quantitative estimate of drug-likeness (QED) is 0.270. The number of piperazine rings is 1. The van der Waals surface area contributed by atoms with Gasteiger partial charge in [0, 0.05) is 96.2 Å². The summed E-state index contributed by atoms with van der Waals surface area (Å²) in [6.07, 6.45) is 5.09. The fourth-order valence-corrected chi connectivity index (χ4v) is 7.58. The predicted molar refractivity (Wildman–Crippen MR) is 185 cm³/mol. The first-order valence-electron chi connectivity index (χ1n) is 18.4. The lowest BCUT2D eigenvalue weighted by Crippen LogP contribution is -2.58. The van der Waals surface area contributed by atoms with Gasteiger partial charge >= 0.3 is 0 Å². The average molecular weight is 621 g/mol. The molecular weight excluding hydrogens is 548 g/mol. The maximum absolute atomic E-state index is 6.23. The minimum Gasteiger partial charge on any atom is -0.380 e. The molecule has 0 radical (unpaired) electrons. The van der Waals surface area contributed by atoms with E-state index < -0.39 is 0 Å². The smallest absolute Gasteiger partial charge is 0.0600 e. The zero-order chi connectivity index (χ0) is 31.8. The van der Waals surface area contributed by atoms with E-state index in [1.165, 1.54) is 111 Å². The van der Waals surface area contributed by atoms with E-state index in [0.29, 0.717) is 5.54 Å². The van der Waals surface area contributed by atoms with Crippen molar-refractivity contribution in [1.29, 1.82) is 0 Å². The second-order valence-corrected chi connectivity index (χ2v) is 17.1. The molecule has 0 amide bonds. The van der Waals surface area contributed by atoms with Gasteiger partial charge in [-0.15, -0.1) is 0 Å². The Bertz CT molecular complexity index is 804. The van der Waals surface area contributed by atoms with Crippen LogP contribution in [0.4, 0.5) is 0 Å². The van der Waals surface area contributed by atoms with Crippen molar-refractivity contribution in [2.45, 2.75) is 97.8 Å². The summed E-state index contributed by atoms with van der Waals surface area (Å²) >= 11 is 0. The van der Waals surface area contributed by atoms with Crippen molar-refractivity contribution < 1.29 is 9.47 Å². The summed E-state index contributed by atoms with van der Waals surface area (Å²) < 4.78 is 12.2. The Morgan fingerprint density at radius 3 is 1.75 bits per heavy atom. The van der Waals surface area contributed by atoms with Gasteiger partial charge in [0.25, 0.3) is 0 Å². The standard InChI is InChI=1S/C36H72N6O2/c1-34(2,3)42-30-33(31-42)29-39-14-9-13-37(17-18-39)23-26-43-25-12-36(7,8)41-21-19-40(20-22-41)28-32-10-15-38(16-11-32)24-27-44-35(4,5)6/h32-33H,9-31H2,1-8H3. The molecule has 0 bridgehead atoms. The van der Waals surface area contributed by atoms with Crippen molar-refractivity contribution in [3.05, 3.63) is 0 Å². The Kier molecular flexibility index (Phi) is 13.8. The highest BCUT2D eigenvalue weighted by molar-refractivity contribution is 4.90. The molecule has 0 aromatic rings. The van der Waals surface area contributed by atoms with Crippen LogP contribution < -0.4 is 0 Å². The lowest BCUT2D eigenvalue weighted by molar-refractivity contribution is -0.0178. The predicted octanol–water partition coefficient (Wildman–Crippen LogP) is 4.05. The zero-order valence-corrected chi connectivity index (χ0v) is 30.4. The number of nitrogens with zero attached hydrogens (tertiary/aromatic N) is 6. The van der Waals surface area contributed by atoms with E-state index in [-0.39, 0.29) is 11.1 Å². The van der Waals surface area contributed by atoms with Gasteiger partial charge in [-0.3, -0.25) is 14.7 Å².